The van der Waals surface area contributed by atoms with Gasteiger partial charge in [-0.15, -0.1) is 0 Å². The van der Waals surface area contributed by atoms with Crippen LogP contribution in [0.25, 0.3) is 5.57 Å². The van der Waals surface area contributed by atoms with Gasteiger partial charge in [-0.3, -0.25) is 19.4 Å². The lowest BCUT2D eigenvalue weighted by Crippen LogP contribution is -2.59. The summed E-state index contributed by atoms with van der Waals surface area (Å²) in [5.41, 5.74) is 9.02. The van der Waals surface area contributed by atoms with E-state index in [0.717, 1.165) is 67.2 Å². The monoisotopic (exact) mass is 719 g/mol. The van der Waals surface area contributed by atoms with Crippen molar-refractivity contribution in [3.05, 3.63) is 123 Å². The number of aromatic nitrogens is 2. The molecule has 272 valence electrons. The Balaban J connectivity index is 0.968. The summed E-state index contributed by atoms with van der Waals surface area (Å²) in [5.74, 6) is -0.000537. The molecule has 1 spiro atoms. The maximum Gasteiger partial charge on any atom is 0.259 e. The van der Waals surface area contributed by atoms with Gasteiger partial charge in [-0.1, -0.05) is 12.1 Å². The van der Waals surface area contributed by atoms with Crippen molar-refractivity contribution in [3.8, 4) is 6.07 Å². The average molecular weight is 720 g/mol. The number of para-hydroxylation sites is 1. The van der Waals surface area contributed by atoms with E-state index in [1.54, 1.807) is 41.3 Å². The number of nitrogens with one attached hydrogen (secondary N) is 2. The third-order valence-corrected chi connectivity index (χ3v) is 11.0. The molecule has 11 nitrogen and oxygen atoms in total. The molecule has 2 saturated heterocycles. The van der Waals surface area contributed by atoms with E-state index in [2.05, 4.69) is 21.6 Å². The number of aryl methyl sites for hydroxylation is 3. The van der Waals surface area contributed by atoms with Gasteiger partial charge in [0.1, 0.15) is 11.9 Å². The van der Waals surface area contributed by atoms with Gasteiger partial charge in [-0.25, -0.2) is 4.98 Å². The van der Waals surface area contributed by atoms with E-state index in [9.17, 15) is 19.6 Å². The van der Waals surface area contributed by atoms with Crippen LogP contribution in [-0.4, -0.2) is 60.5 Å². The van der Waals surface area contributed by atoms with Gasteiger partial charge < -0.3 is 25.2 Å². The maximum atomic E-state index is 14.1. The zero-order chi connectivity index (χ0) is 37.6. The number of hydrogen-bond donors (Lipinski definition) is 2. The Morgan fingerprint density at radius 2 is 1.61 bits per heavy atom. The van der Waals surface area contributed by atoms with Gasteiger partial charge in [0.25, 0.3) is 17.7 Å². The molecular weight excluding hydrogens is 679 g/mol. The largest absolute Gasteiger partial charge is 0.381 e. The van der Waals surface area contributed by atoms with Crippen molar-refractivity contribution in [2.24, 2.45) is 5.41 Å². The Morgan fingerprint density at radius 3 is 2.37 bits per heavy atom. The summed E-state index contributed by atoms with van der Waals surface area (Å²) in [6.45, 7) is 9.38. The summed E-state index contributed by atoms with van der Waals surface area (Å²) < 4.78 is 5.57. The molecule has 5 heterocycles. The van der Waals surface area contributed by atoms with Crippen LogP contribution in [0, 0.1) is 37.5 Å². The minimum absolute atomic E-state index is 0.184. The summed E-state index contributed by atoms with van der Waals surface area (Å²) in [5, 5.41) is 15.6. The predicted octanol–water partition coefficient (Wildman–Crippen LogP) is 6.92. The highest BCUT2D eigenvalue weighted by molar-refractivity contribution is 6.11. The molecule has 3 aliphatic heterocycles. The minimum Gasteiger partial charge on any atom is -0.381 e. The van der Waals surface area contributed by atoms with Crippen molar-refractivity contribution in [1.82, 2.24) is 9.97 Å². The molecule has 54 heavy (non-hydrogen) atoms. The summed E-state index contributed by atoms with van der Waals surface area (Å²) >= 11 is 0. The predicted molar refractivity (Wildman–Crippen MR) is 207 cm³/mol. The zero-order valence-corrected chi connectivity index (χ0v) is 30.7. The molecule has 0 bridgehead atoms. The first-order valence-corrected chi connectivity index (χ1v) is 18.4. The number of hydrogen-bond acceptors (Lipinski definition) is 8. The van der Waals surface area contributed by atoms with Crippen LogP contribution in [-0.2, 0) is 9.53 Å². The van der Waals surface area contributed by atoms with E-state index < -0.39 is 0 Å². The molecule has 4 aromatic rings. The maximum absolute atomic E-state index is 14.1. The van der Waals surface area contributed by atoms with Crippen molar-refractivity contribution in [2.75, 3.05) is 53.3 Å². The van der Waals surface area contributed by atoms with Gasteiger partial charge in [0, 0.05) is 72.9 Å². The number of nitriles is 1. The molecule has 3 amide bonds. The fourth-order valence-corrected chi connectivity index (χ4v) is 7.98. The zero-order valence-electron chi connectivity index (χ0n) is 30.7. The SMILES string of the molecule is Cc1ccc2c(n1)C1=C(C=C(C(=O)Nc3c(C)cccc3C#N)C1)CCN2C(=O)c1ccc(NC(=O)c2ccc(C)nc2N2CC3(CCOCC3)C2)cc1. The molecule has 8 rings (SSSR count). The van der Waals surface area contributed by atoms with Crippen molar-refractivity contribution in [2.45, 2.75) is 46.5 Å². The van der Waals surface area contributed by atoms with Crippen molar-refractivity contribution < 1.29 is 19.1 Å². The standard InChI is InChI=1S/C43H41N7O4/c1-26-5-4-6-31(23-44)37(26)48-40(51)32-21-30-15-18-50(36-14-8-27(2)45-38(36)35(30)22-32)42(53)29-9-11-33(12-10-29)47-41(52)34-13-7-28(3)46-39(34)49-24-43(25-49)16-19-54-20-17-43/h4-14,21H,15-20,22,24-25H2,1-3H3,(H,47,52)(H,48,51). The number of allylic oxidation sites excluding steroid dienone is 2. The number of carbonyl (C=O) groups is 3. The molecule has 0 atom stereocenters. The molecular formula is C43H41N7O4. The lowest BCUT2D eigenvalue weighted by molar-refractivity contribution is -0.112. The Kier molecular flexibility index (Phi) is 9.07. The number of nitrogens with zero attached hydrogens (tertiary/aromatic N) is 5. The van der Waals surface area contributed by atoms with Gasteiger partial charge >= 0.3 is 0 Å². The van der Waals surface area contributed by atoms with Gasteiger partial charge in [0.05, 0.1) is 28.2 Å². The Hall–Kier alpha value is -6.12. The lowest BCUT2D eigenvalue weighted by atomic mass is 9.73. The van der Waals surface area contributed by atoms with E-state index in [4.69, 9.17) is 14.7 Å². The molecule has 2 aromatic carbocycles. The highest BCUT2D eigenvalue weighted by Crippen LogP contribution is 2.44. The van der Waals surface area contributed by atoms with Crippen LogP contribution in [0.5, 0.6) is 0 Å². The molecule has 0 radical (unpaired) electrons. The number of ether oxygens (including phenoxy) is 1. The molecule has 2 aromatic heterocycles. The Labute approximate surface area is 314 Å². The van der Waals surface area contributed by atoms with Crippen molar-refractivity contribution in [1.29, 1.82) is 5.26 Å². The van der Waals surface area contributed by atoms with Gasteiger partial charge in [-0.05, 0) is 117 Å². The smallest absolute Gasteiger partial charge is 0.259 e. The van der Waals surface area contributed by atoms with E-state index in [-0.39, 0.29) is 23.1 Å². The number of fused-ring (bicyclic) bond motifs is 2. The number of benzene rings is 2. The van der Waals surface area contributed by atoms with Crippen LogP contribution in [0.4, 0.5) is 22.9 Å². The van der Waals surface area contributed by atoms with Crippen LogP contribution in [0.15, 0.2) is 84.0 Å². The van der Waals surface area contributed by atoms with E-state index in [0.29, 0.717) is 70.2 Å². The second-order valence-corrected chi connectivity index (χ2v) is 14.8. The first-order chi connectivity index (χ1) is 26.1. The molecule has 11 heteroatoms. The van der Waals surface area contributed by atoms with E-state index >= 15 is 0 Å². The number of anilines is 4. The third-order valence-electron chi connectivity index (χ3n) is 11.0. The second-order valence-electron chi connectivity index (χ2n) is 14.8. The number of carbonyl (C=O) groups excluding carboxylic acids is 3. The average Bonchev–Trinajstić information content (AvgIpc) is 3.53. The molecule has 2 N–H and O–H groups in total. The highest BCUT2D eigenvalue weighted by Gasteiger charge is 2.45. The number of rotatable bonds is 6. The Bertz CT molecular complexity index is 2310. The summed E-state index contributed by atoms with van der Waals surface area (Å²) in [6.07, 6.45) is 4.84. The van der Waals surface area contributed by atoms with Gasteiger partial charge in [0.15, 0.2) is 0 Å². The fraction of sp³-hybridized carbons (Fsp3) is 0.302. The normalized spacial score (nSPS) is 17.1. The molecule has 0 saturated carbocycles. The summed E-state index contributed by atoms with van der Waals surface area (Å²) in [7, 11) is 0. The van der Waals surface area contributed by atoms with E-state index in [1.807, 2.05) is 57.2 Å². The third kappa shape index (κ3) is 6.54. The lowest BCUT2D eigenvalue weighted by Gasteiger charge is -2.53. The van der Waals surface area contributed by atoms with Crippen LogP contribution in [0.2, 0.25) is 0 Å². The molecule has 0 unspecified atom stereocenters. The van der Waals surface area contributed by atoms with Gasteiger partial charge in [0.2, 0.25) is 0 Å². The highest BCUT2D eigenvalue weighted by atomic mass is 16.5. The first kappa shape index (κ1) is 34.9. The quantitative estimate of drug-likeness (QED) is 0.219. The van der Waals surface area contributed by atoms with Crippen LogP contribution in [0.3, 0.4) is 0 Å². The van der Waals surface area contributed by atoms with Crippen LogP contribution >= 0.6 is 0 Å². The minimum atomic E-state index is -0.262. The van der Waals surface area contributed by atoms with Crippen molar-refractivity contribution in [3.63, 3.8) is 0 Å². The topological polar surface area (TPSA) is 141 Å². The second kappa shape index (κ2) is 14.0. The number of amides is 3. The fourth-order valence-electron chi connectivity index (χ4n) is 7.98. The number of pyridine rings is 2. The van der Waals surface area contributed by atoms with E-state index in [1.165, 1.54) is 0 Å². The molecule has 1 aliphatic carbocycles. The van der Waals surface area contributed by atoms with Crippen molar-refractivity contribution >= 4 is 46.2 Å². The Morgan fingerprint density at radius 1 is 0.870 bits per heavy atom. The van der Waals surface area contributed by atoms with Crippen LogP contribution < -0.4 is 20.4 Å². The van der Waals surface area contributed by atoms with Crippen LogP contribution in [0.1, 0.15) is 74.6 Å². The summed E-state index contributed by atoms with van der Waals surface area (Å²) in [6, 6.07) is 21.9. The first-order valence-electron chi connectivity index (χ1n) is 18.4. The molecule has 4 aliphatic rings. The van der Waals surface area contributed by atoms with Gasteiger partial charge in [-0.2, -0.15) is 5.26 Å². The molecule has 2 fully saturated rings. The summed E-state index contributed by atoms with van der Waals surface area (Å²) in [4.78, 5) is 54.8.